The van der Waals surface area contributed by atoms with E-state index in [2.05, 4.69) is 4.90 Å². The predicted octanol–water partition coefficient (Wildman–Crippen LogP) is 1.93. The molecule has 0 saturated carbocycles. The van der Waals surface area contributed by atoms with Crippen molar-refractivity contribution in [3.8, 4) is 5.75 Å². The Morgan fingerprint density at radius 1 is 1.41 bits per heavy atom. The second-order valence-corrected chi connectivity index (χ2v) is 7.53. The van der Waals surface area contributed by atoms with Crippen LogP contribution in [0.1, 0.15) is 29.7 Å². The van der Waals surface area contributed by atoms with Gasteiger partial charge in [-0.25, -0.2) is 9.18 Å². The maximum atomic E-state index is 15.1. The van der Waals surface area contributed by atoms with E-state index < -0.39 is 17.2 Å². The van der Waals surface area contributed by atoms with Crippen molar-refractivity contribution in [2.45, 2.75) is 25.4 Å². The lowest BCUT2D eigenvalue weighted by molar-refractivity contribution is 0.0694. The van der Waals surface area contributed by atoms with E-state index in [1.807, 2.05) is 25.9 Å². The molecule has 0 aliphatic carbocycles. The molecule has 7 nitrogen and oxygen atoms in total. The minimum atomic E-state index is -1.32. The molecule has 0 amide bonds. The van der Waals surface area contributed by atoms with Gasteiger partial charge in [0.2, 0.25) is 5.43 Å². The van der Waals surface area contributed by atoms with E-state index in [9.17, 15) is 14.7 Å². The third kappa shape index (κ3) is 2.66. The molecule has 1 saturated heterocycles. The quantitative estimate of drug-likeness (QED) is 0.884. The van der Waals surface area contributed by atoms with Gasteiger partial charge in [0, 0.05) is 25.3 Å². The van der Waals surface area contributed by atoms with Crippen LogP contribution < -0.4 is 15.1 Å². The van der Waals surface area contributed by atoms with Crippen LogP contribution in [0.2, 0.25) is 0 Å². The first-order valence-corrected chi connectivity index (χ1v) is 8.98. The molecule has 2 aliphatic heterocycles. The van der Waals surface area contributed by atoms with Crippen LogP contribution in [0.25, 0.3) is 10.9 Å². The predicted molar refractivity (Wildman–Crippen MR) is 99.6 cm³/mol. The van der Waals surface area contributed by atoms with E-state index in [0.29, 0.717) is 36.1 Å². The molecule has 4 rings (SSSR count). The maximum absolute atomic E-state index is 15.1. The van der Waals surface area contributed by atoms with Crippen molar-refractivity contribution in [3.63, 3.8) is 0 Å². The molecule has 0 radical (unpaired) electrons. The summed E-state index contributed by atoms with van der Waals surface area (Å²) in [7, 11) is 4.00. The molecular weight excluding hydrogens is 353 g/mol. The second kappa shape index (κ2) is 6.23. The van der Waals surface area contributed by atoms with Gasteiger partial charge in [-0.15, -0.1) is 0 Å². The molecule has 2 aromatic rings. The van der Waals surface area contributed by atoms with Crippen molar-refractivity contribution >= 4 is 22.6 Å². The monoisotopic (exact) mass is 375 g/mol. The fourth-order valence-electron chi connectivity index (χ4n) is 4.03. The number of carbonyl (C=O) groups is 1. The van der Waals surface area contributed by atoms with Crippen molar-refractivity contribution in [3.05, 3.63) is 33.9 Å². The molecule has 27 heavy (non-hydrogen) atoms. The van der Waals surface area contributed by atoms with Gasteiger partial charge in [-0.2, -0.15) is 0 Å². The highest BCUT2D eigenvalue weighted by atomic mass is 19.1. The highest BCUT2D eigenvalue weighted by Crippen LogP contribution is 2.42. The average Bonchev–Trinajstić information content (AvgIpc) is 3.09. The largest absolute Gasteiger partial charge is 0.487 e. The van der Waals surface area contributed by atoms with E-state index in [1.54, 1.807) is 4.57 Å². The number of aromatic nitrogens is 1. The number of aromatic carboxylic acids is 1. The van der Waals surface area contributed by atoms with Crippen LogP contribution in [0, 0.1) is 5.82 Å². The Labute approximate surface area is 155 Å². The molecule has 1 aromatic carbocycles. The first kappa shape index (κ1) is 17.8. The SMILES string of the molecule is C[C@H]1COc2c(N3CC[C@H](N(C)C)C3)c(F)cc3c(=O)c(C(=O)O)cn1c23. The number of nitrogens with zero attached hydrogens (tertiary/aromatic N) is 3. The topological polar surface area (TPSA) is 75.0 Å². The molecule has 0 bridgehead atoms. The summed E-state index contributed by atoms with van der Waals surface area (Å²) >= 11 is 0. The molecular formula is C19H22FN3O4. The molecule has 2 atom stereocenters. The number of hydrogen-bond acceptors (Lipinski definition) is 5. The smallest absolute Gasteiger partial charge is 0.341 e. The fourth-order valence-corrected chi connectivity index (χ4v) is 4.03. The Morgan fingerprint density at radius 3 is 2.78 bits per heavy atom. The molecule has 1 N–H and O–H groups in total. The average molecular weight is 375 g/mol. The molecule has 1 fully saturated rings. The maximum Gasteiger partial charge on any atom is 0.341 e. The number of pyridine rings is 1. The highest BCUT2D eigenvalue weighted by Gasteiger charge is 2.33. The van der Waals surface area contributed by atoms with Crippen molar-refractivity contribution in [1.29, 1.82) is 0 Å². The van der Waals surface area contributed by atoms with E-state index in [0.717, 1.165) is 12.5 Å². The van der Waals surface area contributed by atoms with Crippen LogP contribution in [-0.2, 0) is 0 Å². The van der Waals surface area contributed by atoms with Gasteiger partial charge < -0.3 is 24.2 Å². The lowest BCUT2D eigenvalue weighted by Gasteiger charge is -2.31. The van der Waals surface area contributed by atoms with Crippen LogP contribution in [0.3, 0.4) is 0 Å². The summed E-state index contributed by atoms with van der Waals surface area (Å²) in [4.78, 5) is 28.1. The lowest BCUT2D eigenvalue weighted by atomic mass is 10.1. The van der Waals surface area contributed by atoms with Gasteiger partial charge >= 0.3 is 5.97 Å². The third-order valence-corrected chi connectivity index (χ3v) is 5.58. The van der Waals surface area contributed by atoms with E-state index >= 15 is 4.39 Å². The first-order valence-electron chi connectivity index (χ1n) is 8.98. The van der Waals surface area contributed by atoms with Crippen LogP contribution in [-0.4, -0.2) is 60.4 Å². The van der Waals surface area contributed by atoms with E-state index in [-0.39, 0.29) is 23.6 Å². The number of ether oxygens (including phenoxy) is 1. The normalized spacial score (nSPS) is 21.7. The molecule has 144 valence electrons. The van der Waals surface area contributed by atoms with Crippen molar-refractivity contribution in [2.75, 3.05) is 38.7 Å². The van der Waals surface area contributed by atoms with Crippen LogP contribution >= 0.6 is 0 Å². The molecule has 1 aromatic heterocycles. The fraction of sp³-hybridized carbons (Fsp3) is 0.474. The van der Waals surface area contributed by atoms with Crippen molar-refractivity contribution in [1.82, 2.24) is 9.47 Å². The number of likely N-dealkylation sites (N-methyl/N-ethyl adjacent to an activating group) is 1. The minimum absolute atomic E-state index is 0.0426. The Morgan fingerprint density at radius 2 is 2.15 bits per heavy atom. The van der Waals surface area contributed by atoms with Crippen molar-refractivity contribution in [2.24, 2.45) is 0 Å². The Kier molecular flexibility index (Phi) is 4.10. The number of carboxylic acids is 1. The molecule has 3 heterocycles. The summed E-state index contributed by atoms with van der Waals surface area (Å²) in [6, 6.07) is 1.31. The number of halogens is 1. The van der Waals surface area contributed by atoms with Crippen LogP contribution in [0.15, 0.2) is 17.1 Å². The van der Waals surface area contributed by atoms with Gasteiger partial charge in [0.1, 0.15) is 17.9 Å². The first-order chi connectivity index (χ1) is 12.8. The van der Waals surface area contributed by atoms with Gasteiger partial charge in [0.05, 0.1) is 16.9 Å². The Bertz CT molecular complexity index is 1000. The summed E-state index contributed by atoms with van der Waals surface area (Å²) < 4.78 is 22.7. The second-order valence-electron chi connectivity index (χ2n) is 7.53. The van der Waals surface area contributed by atoms with Crippen LogP contribution in [0.5, 0.6) is 5.75 Å². The molecule has 8 heteroatoms. The summed E-state index contributed by atoms with van der Waals surface area (Å²) in [5, 5.41) is 9.39. The van der Waals surface area contributed by atoms with Crippen molar-refractivity contribution < 1.29 is 19.0 Å². The van der Waals surface area contributed by atoms with Crippen LogP contribution in [0.4, 0.5) is 10.1 Å². The zero-order valence-electron chi connectivity index (χ0n) is 15.5. The van der Waals surface area contributed by atoms with Gasteiger partial charge in [-0.05, 0) is 33.5 Å². The number of anilines is 1. The summed E-state index contributed by atoms with van der Waals surface area (Å²) in [6.45, 7) is 3.51. The Hall–Kier alpha value is -2.61. The van der Waals surface area contributed by atoms with E-state index in [1.165, 1.54) is 6.20 Å². The number of rotatable bonds is 3. The summed E-state index contributed by atoms with van der Waals surface area (Å²) in [6.07, 6.45) is 2.25. The van der Waals surface area contributed by atoms with Gasteiger partial charge in [-0.1, -0.05) is 0 Å². The zero-order valence-corrected chi connectivity index (χ0v) is 15.5. The lowest BCUT2D eigenvalue weighted by Crippen LogP contribution is -2.33. The third-order valence-electron chi connectivity index (χ3n) is 5.58. The van der Waals surface area contributed by atoms with Gasteiger partial charge in [-0.3, -0.25) is 4.79 Å². The summed E-state index contributed by atoms with van der Waals surface area (Å²) in [5.41, 5.74) is -0.225. The Balaban J connectivity index is 1.97. The molecule has 0 unspecified atom stereocenters. The highest BCUT2D eigenvalue weighted by molar-refractivity contribution is 5.97. The molecule has 0 spiro atoms. The van der Waals surface area contributed by atoms with E-state index in [4.69, 9.17) is 4.74 Å². The van der Waals surface area contributed by atoms with Gasteiger partial charge in [0.15, 0.2) is 11.6 Å². The minimum Gasteiger partial charge on any atom is -0.487 e. The number of hydrogen-bond donors (Lipinski definition) is 1. The standard InChI is InChI=1S/C19H22FN3O4/c1-10-9-27-18-15-12(17(24)13(19(25)26)8-23(10)15)6-14(20)16(18)22-5-4-11(7-22)21(2)3/h6,8,10-11H,4-5,7,9H2,1-3H3,(H,25,26)/t10-,11-/m0/s1. The number of benzene rings is 1. The zero-order chi connectivity index (χ0) is 19.5. The van der Waals surface area contributed by atoms with Gasteiger partial charge in [0.25, 0.3) is 0 Å². The number of carboxylic acid groups (broad SMARTS) is 1. The summed E-state index contributed by atoms with van der Waals surface area (Å²) in [5.74, 6) is -1.54. The molecule has 2 aliphatic rings.